The third-order valence-electron chi connectivity index (χ3n) is 6.14. The third-order valence-corrected chi connectivity index (χ3v) is 6.94. The van der Waals surface area contributed by atoms with Crippen LogP contribution in [0.5, 0.6) is 5.75 Å². The maximum Gasteiger partial charge on any atom is 0.419 e. The Kier molecular flexibility index (Phi) is 8.75. The average Bonchev–Trinajstić information content (AvgIpc) is 3.49. The SMILES string of the molecule is COc1ccc(COC(=O)C(c2ccc3c(c2)c(CCN(C)C)cn3C(=O)OC(C)(C)C)c2nc(N)ns2)cc1. The number of esters is 1. The number of aromatic nitrogens is 3. The number of nitrogens with two attached hydrogens (primary N) is 1. The Bertz CT molecular complexity index is 1490. The summed E-state index contributed by atoms with van der Waals surface area (Å²) in [6.07, 6.45) is 2.04. The van der Waals surface area contributed by atoms with Crippen LogP contribution in [-0.4, -0.2) is 64.2 Å². The van der Waals surface area contributed by atoms with E-state index in [0.29, 0.717) is 28.3 Å². The number of rotatable bonds is 9. The van der Waals surface area contributed by atoms with Crippen LogP contribution in [0.15, 0.2) is 48.7 Å². The Balaban J connectivity index is 1.72. The van der Waals surface area contributed by atoms with Crippen LogP contribution in [0.25, 0.3) is 10.9 Å². The van der Waals surface area contributed by atoms with Crippen LogP contribution >= 0.6 is 11.5 Å². The summed E-state index contributed by atoms with van der Waals surface area (Å²) in [6.45, 7) is 6.35. The van der Waals surface area contributed by atoms with Crippen molar-refractivity contribution in [2.75, 3.05) is 33.5 Å². The van der Waals surface area contributed by atoms with Gasteiger partial charge in [-0.25, -0.2) is 9.78 Å². The van der Waals surface area contributed by atoms with Gasteiger partial charge in [-0.15, -0.1) is 0 Å². The molecule has 0 amide bonds. The summed E-state index contributed by atoms with van der Waals surface area (Å²) in [5, 5.41) is 1.27. The maximum absolute atomic E-state index is 13.5. The van der Waals surface area contributed by atoms with E-state index in [1.165, 1.54) is 4.57 Å². The smallest absolute Gasteiger partial charge is 0.419 e. The quantitative estimate of drug-likeness (QED) is 0.284. The van der Waals surface area contributed by atoms with Crippen LogP contribution in [0.4, 0.5) is 10.7 Å². The van der Waals surface area contributed by atoms with E-state index in [1.54, 1.807) is 13.2 Å². The second-order valence-electron chi connectivity index (χ2n) is 10.7. The molecule has 2 heterocycles. The van der Waals surface area contributed by atoms with Gasteiger partial charge < -0.3 is 24.8 Å². The molecule has 212 valence electrons. The number of benzene rings is 2. The molecule has 0 bridgehead atoms. The molecule has 0 aliphatic heterocycles. The Morgan fingerprint density at radius 2 is 1.85 bits per heavy atom. The number of ether oxygens (including phenoxy) is 3. The number of likely N-dealkylation sites (N-methyl/N-ethyl adjacent to an activating group) is 1. The minimum absolute atomic E-state index is 0.0823. The normalized spacial score (nSPS) is 12.5. The van der Waals surface area contributed by atoms with Gasteiger partial charge >= 0.3 is 12.1 Å². The number of hydrogen-bond donors (Lipinski definition) is 1. The first-order valence-electron chi connectivity index (χ1n) is 12.9. The predicted octanol–water partition coefficient (Wildman–Crippen LogP) is 4.85. The zero-order valence-electron chi connectivity index (χ0n) is 23.6. The Labute approximate surface area is 237 Å². The van der Waals surface area contributed by atoms with Crippen molar-refractivity contribution in [3.8, 4) is 5.75 Å². The van der Waals surface area contributed by atoms with Crippen molar-refractivity contribution in [3.63, 3.8) is 0 Å². The van der Waals surface area contributed by atoms with Gasteiger partial charge in [0.15, 0.2) is 0 Å². The van der Waals surface area contributed by atoms with Crippen molar-refractivity contribution >= 4 is 40.4 Å². The molecule has 4 rings (SSSR count). The van der Waals surface area contributed by atoms with Crippen molar-refractivity contribution in [3.05, 3.63) is 70.4 Å². The fraction of sp³-hybridized carbons (Fsp3) is 0.379. The van der Waals surface area contributed by atoms with Crippen LogP contribution in [0, 0.1) is 0 Å². The number of methoxy groups -OCH3 is 1. The van der Waals surface area contributed by atoms with E-state index in [-0.39, 0.29) is 12.6 Å². The zero-order valence-corrected chi connectivity index (χ0v) is 24.4. The summed E-state index contributed by atoms with van der Waals surface area (Å²) in [4.78, 5) is 33.0. The van der Waals surface area contributed by atoms with E-state index in [1.807, 2.05) is 77.5 Å². The number of carbonyl (C=O) groups is 2. The van der Waals surface area contributed by atoms with Crippen molar-refractivity contribution < 1.29 is 23.8 Å². The van der Waals surface area contributed by atoms with Crippen LogP contribution in [-0.2, 0) is 27.3 Å². The van der Waals surface area contributed by atoms with Crippen LogP contribution < -0.4 is 10.5 Å². The van der Waals surface area contributed by atoms with Crippen molar-refractivity contribution in [1.29, 1.82) is 0 Å². The molecule has 2 aromatic heterocycles. The van der Waals surface area contributed by atoms with E-state index in [0.717, 1.165) is 34.6 Å². The molecule has 11 heteroatoms. The second kappa shape index (κ2) is 12.1. The molecule has 0 aliphatic carbocycles. The summed E-state index contributed by atoms with van der Waals surface area (Å²) in [5.41, 5.74) is 8.31. The molecule has 0 spiro atoms. The van der Waals surface area contributed by atoms with Gasteiger partial charge in [0.1, 0.15) is 28.9 Å². The fourth-order valence-corrected chi connectivity index (χ4v) is 4.90. The van der Waals surface area contributed by atoms with Crippen molar-refractivity contribution in [2.24, 2.45) is 0 Å². The minimum Gasteiger partial charge on any atom is -0.497 e. The molecule has 2 N–H and O–H groups in total. The van der Waals surface area contributed by atoms with Crippen molar-refractivity contribution in [1.82, 2.24) is 18.8 Å². The van der Waals surface area contributed by atoms with Gasteiger partial charge in [-0.05, 0) is 93.8 Å². The Morgan fingerprint density at radius 1 is 1.12 bits per heavy atom. The zero-order chi connectivity index (χ0) is 29.0. The summed E-state index contributed by atoms with van der Waals surface area (Å²) in [6, 6.07) is 12.8. The molecule has 1 atom stereocenters. The fourth-order valence-electron chi connectivity index (χ4n) is 4.20. The first-order chi connectivity index (χ1) is 18.9. The monoisotopic (exact) mass is 565 g/mol. The molecule has 0 saturated carbocycles. The van der Waals surface area contributed by atoms with Gasteiger partial charge in [-0.3, -0.25) is 9.36 Å². The molecule has 10 nitrogen and oxygen atoms in total. The van der Waals surface area contributed by atoms with E-state index >= 15 is 0 Å². The van der Waals surface area contributed by atoms with E-state index in [9.17, 15) is 9.59 Å². The molecular formula is C29H35N5O5S. The number of hydrogen-bond acceptors (Lipinski definition) is 10. The highest BCUT2D eigenvalue weighted by molar-refractivity contribution is 7.05. The second-order valence-corrected chi connectivity index (χ2v) is 11.5. The maximum atomic E-state index is 13.5. The van der Waals surface area contributed by atoms with Gasteiger partial charge in [0.05, 0.1) is 12.6 Å². The first-order valence-corrected chi connectivity index (χ1v) is 13.6. The molecule has 1 unspecified atom stereocenters. The summed E-state index contributed by atoms with van der Waals surface area (Å²) >= 11 is 1.06. The minimum atomic E-state index is -0.843. The lowest BCUT2D eigenvalue weighted by Crippen LogP contribution is -2.26. The summed E-state index contributed by atoms with van der Waals surface area (Å²) in [5.74, 6) is -0.512. The van der Waals surface area contributed by atoms with E-state index in [4.69, 9.17) is 19.9 Å². The van der Waals surface area contributed by atoms with Crippen LogP contribution in [0.1, 0.15) is 48.4 Å². The third kappa shape index (κ3) is 6.97. The first kappa shape index (κ1) is 29.0. The molecule has 0 radical (unpaired) electrons. The molecule has 0 saturated heterocycles. The van der Waals surface area contributed by atoms with E-state index in [2.05, 4.69) is 14.3 Å². The highest BCUT2D eigenvalue weighted by Crippen LogP contribution is 2.33. The molecular weight excluding hydrogens is 530 g/mol. The summed E-state index contributed by atoms with van der Waals surface area (Å²) in [7, 11) is 5.58. The molecule has 2 aromatic carbocycles. The number of fused-ring (bicyclic) bond motifs is 1. The van der Waals surface area contributed by atoms with Gasteiger partial charge in [-0.2, -0.15) is 4.37 Å². The lowest BCUT2D eigenvalue weighted by atomic mass is 9.97. The van der Waals surface area contributed by atoms with Crippen LogP contribution in [0.2, 0.25) is 0 Å². The standard InChI is InChI=1S/C29H35N5O5S/c1-29(2,3)39-28(36)34-16-20(13-14-33(4)5)22-15-19(9-12-23(22)34)24(25-31-27(30)32-40-25)26(35)38-17-18-7-10-21(37-6)11-8-18/h7-12,15-16,24H,13-14,17H2,1-6H3,(H2,30,32). The lowest BCUT2D eigenvalue weighted by molar-refractivity contribution is -0.145. The molecule has 0 aliphatic rings. The topological polar surface area (TPSA) is 122 Å². The molecule has 40 heavy (non-hydrogen) atoms. The average molecular weight is 566 g/mol. The van der Waals surface area contributed by atoms with Gasteiger partial charge in [0.2, 0.25) is 5.95 Å². The lowest BCUT2D eigenvalue weighted by Gasteiger charge is -2.20. The number of nitrogens with zero attached hydrogens (tertiary/aromatic N) is 4. The number of carbonyl (C=O) groups excluding carboxylic acids is 2. The van der Waals surface area contributed by atoms with Gasteiger partial charge in [-0.1, -0.05) is 18.2 Å². The number of nitrogen functional groups attached to an aromatic ring is 1. The Morgan fingerprint density at radius 3 is 2.45 bits per heavy atom. The van der Waals surface area contributed by atoms with E-state index < -0.39 is 23.6 Å². The Hall–Kier alpha value is -3.96. The predicted molar refractivity (Wildman–Crippen MR) is 155 cm³/mol. The van der Waals surface area contributed by atoms with Gasteiger partial charge in [0, 0.05) is 18.1 Å². The van der Waals surface area contributed by atoms with Crippen LogP contribution in [0.3, 0.4) is 0 Å². The highest BCUT2D eigenvalue weighted by atomic mass is 32.1. The number of anilines is 1. The largest absolute Gasteiger partial charge is 0.497 e. The van der Waals surface area contributed by atoms with Crippen molar-refractivity contribution in [2.45, 2.75) is 45.3 Å². The summed E-state index contributed by atoms with van der Waals surface area (Å²) < 4.78 is 22.2. The van der Waals surface area contributed by atoms with Gasteiger partial charge in [0.25, 0.3) is 0 Å². The molecule has 0 fully saturated rings. The highest BCUT2D eigenvalue weighted by Gasteiger charge is 2.30. The molecule has 4 aromatic rings.